The molecule has 0 unspecified atom stereocenters. The molecule has 5 heteroatoms. The van der Waals surface area contributed by atoms with Crippen molar-refractivity contribution in [1.82, 2.24) is 5.32 Å². The van der Waals surface area contributed by atoms with Gasteiger partial charge in [-0.25, -0.2) is 0 Å². The van der Waals surface area contributed by atoms with Crippen molar-refractivity contribution in [1.29, 1.82) is 0 Å². The maximum atomic E-state index is 11.8. The van der Waals surface area contributed by atoms with Crippen LogP contribution in [-0.4, -0.2) is 36.8 Å². The minimum Gasteiger partial charge on any atom is -0.505 e. The molecule has 0 bridgehead atoms. The van der Waals surface area contributed by atoms with Crippen LogP contribution in [0.3, 0.4) is 0 Å². The zero-order valence-electron chi connectivity index (χ0n) is 11.1. The van der Waals surface area contributed by atoms with Gasteiger partial charge in [-0.05, 0) is 44.5 Å². The Hall–Kier alpha value is -1.59. The van der Waals surface area contributed by atoms with E-state index in [0.29, 0.717) is 5.69 Å². The number of hydrogen-bond donors (Lipinski definition) is 3. The third-order valence-corrected chi connectivity index (χ3v) is 3.25. The number of nitrogens with one attached hydrogen (secondary N) is 2. The average Bonchev–Trinajstić information content (AvgIpc) is 2.43. The Morgan fingerprint density at radius 1 is 1.47 bits per heavy atom. The van der Waals surface area contributed by atoms with Crippen molar-refractivity contribution in [3.05, 3.63) is 23.8 Å². The summed E-state index contributed by atoms with van der Waals surface area (Å²) in [7, 11) is 0. The van der Waals surface area contributed by atoms with E-state index in [1.54, 1.807) is 25.1 Å². The molecule has 0 aliphatic carbocycles. The average molecular weight is 264 g/mol. The van der Waals surface area contributed by atoms with E-state index in [0.717, 1.165) is 31.5 Å². The molecule has 1 aromatic rings. The van der Waals surface area contributed by atoms with Gasteiger partial charge < -0.3 is 20.5 Å². The zero-order valence-corrected chi connectivity index (χ0v) is 11.1. The smallest absolute Gasteiger partial charge is 0.250 e. The Morgan fingerprint density at radius 2 is 2.21 bits per heavy atom. The molecule has 1 aliphatic heterocycles. The second-order valence-corrected chi connectivity index (χ2v) is 4.78. The first-order chi connectivity index (χ1) is 9.16. The fourth-order valence-corrected chi connectivity index (χ4v) is 2.10. The van der Waals surface area contributed by atoms with Crippen LogP contribution < -0.4 is 10.6 Å². The number of piperidine rings is 1. The fourth-order valence-electron chi connectivity index (χ4n) is 2.10. The van der Waals surface area contributed by atoms with Crippen molar-refractivity contribution < 1.29 is 14.6 Å². The summed E-state index contributed by atoms with van der Waals surface area (Å²) in [6, 6.07) is 5.25. The van der Waals surface area contributed by atoms with Crippen molar-refractivity contribution >= 4 is 11.6 Å². The highest BCUT2D eigenvalue weighted by Crippen LogP contribution is 2.26. The van der Waals surface area contributed by atoms with E-state index in [-0.39, 0.29) is 24.4 Å². The normalized spacial score (nSPS) is 16.3. The summed E-state index contributed by atoms with van der Waals surface area (Å²) in [6.07, 6.45) is 2.02. The predicted molar refractivity (Wildman–Crippen MR) is 73.3 cm³/mol. The number of para-hydroxylation sites is 1. The molecule has 1 aromatic carbocycles. The van der Waals surface area contributed by atoms with E-state index in [2.05, 4.69) is 10.6 Å². The number of aryl methyl sites for hydroxylation is 1. The van der Waals surface area contributed by atoms with Crippen LogP contribution in [0.2, 0.25) is 0 Å². The minimum atomic E-state index is -0.237. The molecule has 1 heterocycles. The maximum absolute atomic E-state index is 11.8. The monoisotopic (exact) mass is 264 g/mol. The van der Waals surface area contributed by atoms with Crippen LogP contribution in [0.4, 0.5) is 5.69 Å². The molecular formula is C14H20N2O3. The van der Waals surface area contributed by atoms with Gasteiger partial charge in [-0.2, -0.15) is 0 Å². The molecule has 2 rings (SSSR count). The molecule has 0 aromatic heterocycles. The lowest BCUT2D eigenvalue weighted by Gasteiger charge is -2.22. The van der Waals surface area contributed by atoms with E-state index in [9.17, 15) is 9.90 Å². The first-order valence-electron chi connectivity index (χ1n) is 6.57. The maximum Gasteiger partial charge on any atom is 0.250 e. The van der Waals surface area contributed by atoms with Gasteiger partial charge in [0, 0.05) is 0 Å². The Kier molecular flexibility index (Phi) is 4.76. The SMILES string of the molecule is Cc1cccc(NC(=O)COC2CCNCC2)c1O. The van der Waals surface area contributed by atoms with E-state index >= 15 is 0 Å². The highest BCUT2D eigenvalue weighted by molar-refractivity contribution is 5.93. The van der Waals surface area contributed by atoms with Crippen LogP contribution in [0.5, 0.6) is 5.75 Å². The Balaban J connectivity index is 1.82. The number of benzene rings is 1. The number of rotatable bonds is 4. The lowest BCUT2D eigenvalue weighted by Crippen LogP contribution is -2.34. The molecule has 0 spiro atoms. The molecule has 104 valence electrons. The summed E-state index contributed by atoms with van der Waals surface area (Å²) >= 11 is 0. The second kappa shape index (κ2) is 6.54. The van der Waals surface area contributed by atoms with Crippen molar-refractivity contribution in [3.8, 4) is 5.75 Å². The van der Waals surface area contributed by atoms with Crippen LogP contribution >= 0.6 is 0 Å². The standard InChI is InChI=1S/C14H20N2O3/c1-10-3-2-4-12(14(10)18)16-13(17)9-19-11-5-7-15-8-6-11/h2-4,11,15,18H,5-9H2,1H3,(H,16,17). The molecule has 0 atom stereocenters. The van der Waals surface area contributed by atoms with Gasteiger partial charge in [-0.3, -0.25) is 4.79 Å². The highest BCUT2D eigenvalue weighted by Gasteiger charge is 2.15. The molecule has 0 saturated carbocycles. The third kappa shape index (κ3) is 3.94. The van der Waals surface area contributed by atoms with Gasteiger partial charge in [0.25, 0.3) is 0 Å². The summed E-state index contributed by atoms with van der Waals surface area (Å²) in [5, 5.41) is 15.7. The van der Waals surface area contributed by atoms with Gasteiger partial charge >= 0.3 is 0 Å². The van der Waals surface area contributed by atoms with Crippen molar-refractivity contribution in [2.75, 3.05) is 25.0 Å². The highest BCUT2D eigenvalue weighted by atomic mass is 16.5. The molecular weight excluding hydrogens is 244 g/mol. The summed E-state index contributed by atoms with van der Waals surface area (Å²) in [5.41, 5.74) is 1.16. The van der Waals surface area contributed by atoms with Gasteiger partial charge in [0.15, 0.2) is 0 Å². The van der Waals surface area contributed by atoms with Gasteiger partial charge in [-0.1, -0.05) is 12.1 Å². The summed E-state index contributed by atoms with van der Waals surface area (Å²) in [6.45, 7) is 3.68. The van der Waals surface area contributed by atoms with Gasteiger partial charge in [0.2, 0.25) is 5.91 Å². The van der Waals surface area contributed by atoms with Crippen LogP contribution in [0.15, 0.2) is 18.2 Å². The molecule has 1 fully saturated rings. The minimum absolute atomic E-state index is 0.0258. The molecule has 19 heavy (non-hydrogen) atoms. The number of carbonyl (C=O) groups is 1. The predicted octanol–water partition coefficient (Wildman–Crippen LogP) is 1.41. The number of phenolic OH excluding ortho intramolecular Hbond substituents is 1. The summed E-state index contributed by atoms with van der Waals surface area (Å²) in [4.78, 5) is 11.8. The molecule has 1 amide bonds. The molecule has 1 saturated heterocycles. The number of anilines is 1. The van der Waals surface area contributed by atoms with Crippen LogP contribution in [0, 0.1) is 6.92 Å². The fraction of sp³-hybridized carbons (Fsp3) is 0.500. The third-order valence-electron chi connectivity index (χ3n) is 3.25. The summed E-state index contributed by atoms with van der Waals surface area (Å²) < 4.78 is 5.55. The zero-order chi connectivity index (χ0) is 13.7. The van der Waals surface area contributed by atoms with Gasteiger partial charge in [0.1, 0.15) is 12.4 Å². The number of phenols is 1. The number of amides is 1. The van der Waals surface area contributed by atoms with Crippen molar-refractivity contribution in [3.63, 3.8) is 0 Å². The molecule has 3 N–H and O–H groups in total. The number of carbonyl (C=O) groups excluding carboxylic acids is 1. The van der Waals surface area contributed by atoms with E-state index in [4.69, 9.17) is 4.74 Å². The lowest BCUT2D eigenvalue weighted by atomic mass is 10.1. The van der Waals surface area contributed by atoms with Crippen LogP contribution in [0.1, 0.15) is 18.4 Å². The quantitative estimate of drug-likeness (QED) is 0.719. The van der Waals surface area contributed by atoms with E-state index in [1.165, 1.54) is 0 Å². The topological polar surface area (TPSA) is 70.6 Å². The molecule has 0 radical (unpaired) electrons. The summed E-state index contributed by atoms with van der Waals surface area (Å²) in [5.74, 6) is -0.128. The van der Waals surface area contributed by atoms with Gasteiger partial charge in [-0.15, -0.1) is 0 Å². The van der Waals surface area contributed by atoms with E-state index < -0.39 is 0 Å². The number of ether oxygens (including phenoxy) is 1. The lowest BCUT2D eigenvalue weighted by molar-refractivity contribution is -0.123. The van der Waals surface area contributed by atoms with Crippen molar-refractivity contribution in [2.45, 2.75) is 25.9 Å². The van der Waals surface area contributed by atoms with Crippen LogP contribution in [-0.2, 0) is 9.53 Å². The molecule has 5 nitrogen and oxygen atoms in total. The van der Waals surface area contributed by atoms with E-state index in [1.807, 2.05) is 0 Å². The first kappa shape index (κ1) is 13.8. The van der Waals surface area contributed by atoms with Crippen molar-refractivity contribution in [2.24, 2.45) is 0 Å². The Labute approximate surface area is 113 Å². The molecule has 1 aliphatic rings. The van der Waals surface area contributed by atoms with Gasteiger partial charge in [0.05, 0.1) is 11.8 Å². The van der Waals surface area contributed by atoms with Crippen LogP contribution in [0.25, 0.3) is 0 Å². The largest absolute Gasteiger partial charge is 0.505 e. The number of hydrogen-bond acceptors (Lipinski definition) is 4. The Bertz CT molecular complexity index is 442. The Morgan fingerprint density at radius 3 is 2.95 bits per heavy atom. The second-order valence-electron chi connectivity index (χ2n) is 4.78. The first-order valence-corrected chi connectivity index (χ1v) is 6.57. The number of aromatic hydroxyl groups is 1.